The van der Waals surface area contributed by atoms with Gasteiger partial charge >= 0.3 is 0 Å². The second-order valence-electron chi connectivity index (χ2n) is 10.8. The van der Waals surface area contributed by atoms with Crippen LogP contribution < -0.4 is 14.8 Å². The van der Waals surface area contributed by atoms with Gasteiger partial charge in [-0.25, -0.2) is 0 Å². The highest BCUT2D eigenvalue weighted by Gasteiger charge is 2.33. The Bertz CT molecular complexity index is 1330. The summed E-state index contributed by atoms with van der Waals surface area (Å²) in [6.45, 7) is 3.39. The van der Waals surface area contributed by atoms with Gasteiger partial charge in [0, 0.05) is 39.9 Å². The number of fused-ring (bicyclic) bond motifs is 5. The Morgan fingerprint density at radius 1 is 1.12 bits per heavy atom. The van der Waals surface area contributed by atoms with Crippen molar-refractivity contribution in [2.75, 3.05) is 47.0 Å². The molecule has 3 aromatic rings. The standard InChI is InChI=1S/C32H39N3O6S/c1-38-13-4-11-34-18-23-7-8-29(39-2)30(16-23)41-26-6-3-5-24(15-26)21-40-28-9-12-35(19-27(28)33-31(36)20-34)32(37)17-25-10-14-42-22-25/h3,5-8,10,14-16,22,27-28H,4,9,11-13,17-21H2,1-2H3,(H,33,36)/t27-,28+/m0/s1. The molecule has 1 fully saturated rings. The molecule has 2 aliphatic heterocycles. The lowest BCUT2D eigenvalue weighted by Gasteiger charge is -2.39. The number of methoxy groups -OCH3 is 2. The van der Waals surface area contributed by atoms with E-state index in [0.29, 0.717) is 69.5 Å². The molecular weight excluding hydrogens is 554 g/mol. The molecule has 0 aliphatic carbocycles. The Morgan fingerprint density at radius 3 is 2.83 bits per heavy atom. The molecule has 4 bridgehead atoms. The summed E-state index contributed by atoms with van der Waals surface area (Å²) in [6.07, 6.45) is 1.55. The molecule has 0 unspecified atom stereocenters. The molecule has 5 rings (SSSR count). The van der Waals surface area contributed by atoms with Gasteiger partial charge in [-0.2, -0.15) is 11.3 Å². The zero-order valence-electron chi connectivity index (χ0n) is 24.3. The maximum Gasteiger partial charge on any atom is 0.234 e. The number of hydrogen-bond donors (Lipinski definition) is 1. The van der Waals surface area contributed by atoms with Crippen LogP contribution in [0.1, 0.15) is 29.5 Å². The Balaban J connectivity index is 1.39. The molecular formula is C32H39N3O6S. The van der Waals surface area contributed by atoms with Crippen LogP contribution in [0.15, 0.2) is 59.3 Å². The van der Waals surface area contributed by atoms with Gasteiger partial charge in [-0.3, -0.25) is 14.5 Å². The first-order valence-electron chi connectivity index (χ1n) is 14.4. The number of benzene rings is 2. The van der Waals surface area contributed by atoms with Crippen molar-refractivity contribution in [2.24, 2.45) is 0 Å². The molecule has 0 spiro atoms. The number of ether oxygens (including phenoxy) is 4. The first-order chi connectivity index (χ1) is 20.5. The fourth-order valence-electron chi connectivity index (χ4n) is 5.46. The topological polar surface area (TPSA) is 89.6 Å². The zero-order valence-corrected chi connectivity index (χ0v) is 25.1. The second kappa shape index (κ2) is 14.6. The molecule has 9 nitrogen and oxygen atoms in total. The van der Waals surface area contributed by atoms with E-state index < -0.39 is 0 Å². The van der Waals surface area contributed by atoms with E-state index >= 15 is 0 Å². The van der Waals surface area contributed by atoms with Gasteiger partial charge in [-0.05, 0) is 70.6 Å². The van der Waals surface area contributed by atoms with E-state index in [1.54, 1.807) is 25.6 Å². The van der Waals surface area contributed by atoms with E-state index in [4.69, 9.17) is 18.9 Å². The van der Waals surface area contributed by atoms with Gasteiger partial charge in [0.15, 0.2) is 11.5 Å². The number of likely N-dealkylation sites (tertiary alicyclic amines) is 1. The third-order valence-corrected chi connectivity index (χ3v) is 8.33. The molecule has 3 heterocycles. The first kappa shape index (κ1) is 30.0. The number of nitrogens with zero attached hydrogens (tertiary/aromatic N) is 2. The number of hydrogen-bond acceptors (Lipinski definition) is 8. The summed E-state index contributed by atoms with van der Waals surface area (Å²) in [5.74, 6) is 1.90. The van der Waals surface area contributed by atoms with Crippen molar-refractivity contribution in [1.82, 2.24) is 15.1 Å². The molecule has 2 atom stereocenters. The number of rotatable bonds is 7. The van der Waals surface area contributed by atoms with E-state index in [-0.39, 0.29) is 30.5 Å². The summed E-state index contributed by atoms with van der Waals surface area (Å²) in [4.78, 5) is 30.6. The van der Waals surface area contributed by atoms with Crippen LogP contribution in [0.25, 0.3) is 0 Å². The number of carbonyl (C=O) groups excluding carboxylic acids is 2. The molecule has 10 heteroatoms. The minimum atomic E-state index is -0.321. The highest BCUT2D eigenvalue weighted by atomic mass is 32.1. The predicted molar refractivity (Wildman–Crippen MR) is 161 cm³/mol. The van der Waals surface area contributed by atoms with Crippen molar-refractivity contribution < 1.29 is 28.5 Å². The van der Waals surface area contributed by atoms with Gasteiger partial charge in [0.2, 0.25) is 11.8 Å². The fraction of sp³-hybridized carbons (Fsp3) is 0.438. The fourth-order valence-corrected chi connectivity index (χ4v) is 6.13. The Morgan fingerprint density at radius 2 is 2.02 bits per heavy atom. The van der Waals surface area contributed by atoms with Crippen molar-refractivity contribution in [3.05, 3.63) is 76.0 Å². The van der Waals surface area contributed by atoms with Crippen molar-refractivity contribution in [3.63, 3.8) is 0 Å². The molecule has 0 radical (unpaired) electrons. The normalized spacial score (nSPS) is 19.9. The van der Waals surface area contributed by atoms with Crippen molar-refractivity contribution in [1.29, 1.82) is 0 Å². The lowest BCUT2D eigenvalue weighted by molar-refractivity contribution is -0.137. The highest BCUT2D eigenvalue weighted by molar-refractivity contribution is 7.08. The molecule has 2 aromatic carbocycles. The quantitative estimate of drug-likeness (QED) is 0.410. The minimum Gasteiger partial charge on any atom is -0.493 e. The van der Waals surface area contributed by atoms with E-state index in [9.17, 15) is 9.59 Å². The van der Waals surface area contributed by atoms with Gasteiger partial charge in [0.05, 0.1) is 38.8 Å². The molecule has 1 N–H and O–H groups in total. The molecule has 2 amide bonds. The number of carbonyl (C=O) groups is 2. The van der Waals surface area contributed by atoms with Crippen molar-refractivity contribution in [2.45, 2.75) is 44.6 Å². The second-order valence-corrected chi connectivity index (χ2v) is 11.5. The van der Waals surface area contributed by atoms with Crippen LogP contribution in [0.4, 0.5) is 0 Å². The average Bonchev–Trinajstić information content (AvgIpc) is 3.49. The summed E-state index contributed by atoms with van der Waals surface area (Å²) in [5.41, 5.74) is 2.98. The molecule has 1 saturated heterocycles. The smallest absolute Gasteiger partial charge is 0.234 e. The Hall–Kier alpha value is -3.44. The minimum absolute atomic E-state index is 0.0644. The maximum absolute atomic E-state index is 13.5. The van der Waals surface area contributed by atoms with Gasteiger partial charge < -0.3 is 29.2 Å². The summed E-state index contributed by atoms with van der Waals surface area (Å²) < 4.78 is 23.5. The third kappa shape index (κ3) is 8.10. The third-order valence-electron chi connectivity index (χ3n) is 7.60. The summed E-state index contributed by atoms with van der Waals surface area (Å²) >= 11 is 1.59. The summed E-state index contributed by atoms with van der Waals surface area (Å²) in [7, 11) is 3.30. The predicted octanol–water partition coefficient (Wildman–Crippen LogP) is 4.25. The van der Waals surface area contributed by atoms with Crippen LogP contribution in [-0.4, -0.2) is 80.8 Å². The maximum atomic E-state index is 13.5. The van der Waals surface area contributed by atoms with Gasteiger partial charge in [-0.15, -0.1) is 0 Å². The van der Waals surface area contributed by atoms with E-state index in [2.05, 4.69) is 10.2 Å². The van der Waals surface area contributed by atoms with E-state index in [1.807, 2.05) is 64.2 Å². The van der Waals surface area contributed by atoms with Crippen LogP contribution >= 0.6 is 11.3 Å². The average molecular weight is 594 g/mol. The lowest BCUT2D eigenvalue weighted by Crippen LogP contribution is -2.58. The van der Waals surface area contributed by atoms with Gasteiger partial charge in [0.25, 0.3) is 0 Å². The van der Waals surface area contributed by atoms with E-state index in [1.165, 1.54) is 0 Å². The lowest BCUT2D eigenvalue weighted by atomic mass is 10.0. The first-order valence-corrected chi connectivity index (χ1v) is 15.3. The van der Waals surface area contributed by atoms with Crippen LogP contribution in [0.5, 0.6) is 17.2 Å². The number of piperidine rings is 1. The van der Waals surface area contributed by atoms with Crippen LogP contribution in [0.3, 0.4) is 0 Å². The molecule has 2 aliphatic rings. The van der Waals surface area contributed by atoms with E-state index in [0.717, 1.165) is 23.1 Å². The molecule has 224 valence electrons. The largest absolute Gasteiger partial charge is 0.493 e. The Labute approximate surface area is 251 Å². The van der Waals surface area contributed by atoms with Crippen molar-refractivity contribution in [3.8, 4) is 17.2 Å². The number of amides is 2. The molecule has 42 heavy (non-hydrogen) atoms. The van der Waals surface area contributed by atoms with Gasteiger partial charge in [-0.1, -0.05) is 18.2 Å². The Kier molecular flexibility index (Phi) is 10.5. The monoisotopic (exact) mass is 593 g/mol. The molecule has 0 saturated carbocycles. The number of thiophene rings is 1. The van der Waals surface area contributed by atoms with Crippen LogP contribution in [0.2, 0.25) is 0 Å². The van der Waals surface area contributed by atoms with Crippen molar-refractivity contribution >= 4 is 23.2 Å². The summed E-state index contributed by atoms with van der Waals surface area (Å²) in [5, 5.41) is 7.21. The van der Waals surface area contributed by atoms with Crippen LogP contribution in [-0.2, 0) is 38.6 Å². The SMILES string of the molecule is COCCCN1CC(=O)N[C@H]2CN(C(=O)Cc3ccsc3)CC[C@H]2OCc2cccc(c2)Oc2cc(ccc2OC)C1. The summed E-state index contributed by atoms with van der Waals surface area (Å²) in [6, 6.07) is 15.3. The molecule has 1 aromatic heterocycles. The van der Waals surface area contributed by atoms with Crippen LogP contribution in [0, 0.1) is 0 Å². The number of nitrogens with one attached hydrogen (secondary N) is 1. The van der Waals surface area contributed by atoms with Gasteiger partial charge in [0.1, 0.15) is 5.75 Å². The zero-order chi connectivity index (χ0) is 29.3. The highest BCUT2D eigenvalue weighted by Crippen LogP contribution is 2.33.